The second kappa shape index (κ2) is 5.89. The highest BCUT2D eigenvalue weighted by molar-refractivity contribution is 7.19. The van der Waals surface area contributed by atoms with Crippen LogP contribution in [0.4, 0.5) is 8.78 Å². The summed E-state index contributed by atoms with van der Waals surface area (Å²) in [5, 5.41) is 1.14. The molecule has 0 aliphatic rings. The molecule has 21 heavy (non-hydrogen) atoms. The Bertz CT molecular complexity index is 717. The third kappa shape index (κ3) is 3.10. The number of fused-ring (bicyclic) bond motifs is 1. The van der Waals surface area contributed by atoms with Gasteiger partial charge in [0.05, 0.1) is 6.04 Å². The van der Waals surface area contributed by atoms with E-state index in [9.17, 15) is 8.78 Å². The molecule has 0 saturated carbocycles. The number of hydrazine groups is 1. The Morgan fingerprint density at radius 3 is 2.43 bits per heavy atom. The van der Waals surface area contributed by atoms with Gasteiger partial charge in [0, 0.05) is 15.6 Å². The maximum absolute atomic E-state index is 13.3. The molecule has 3 rings (SSSR count). The van der Waals surface area contributed by atoms with Crippen molar-refractivity contribution in [2.24, 2.45) is 5.84 Å². The van der Waals surface area contributed by atoms with Crippen LogP contribution in [0.15, 0.2) is 48.5 Å². The van der Waals surface area contributed by atoms with Gasteiger partial charge in [-0.25, -0.2) is 8.78 Å². The van der Waals surface area contributed by atoms with Gasteiger partial charge in [0.2, 0.25) is 0 Å². The minimum atomic E-state index is -0.572. The molecule has 0 saturated heterocycles. The van der Waals surface area contributed by atoms with E-state index in [0.717, 1.165) is 21.0 Å². The average Bonchev–Trinajstić information content (AvgIpc) is 2.87. The van der Waals surface area contributed by atoms with Crippen molar-refractivity contribution in [3.05, 3.63) is 70.6 Å². The Labute approximate surface area is 125 Å². The monoisotopic (exact) mass is 304 g/mol. The molecule has 2 aromatic carbocycles. The summed E-state index contributed by atoms with van der Waals surface area (Å²) in [6.45, 7) is 0. The van der Waals surface area contributed by atoms with Crippen LogP contribution in [0.5, 0.6) is 0 Å². The quantitative estimate of drug-likeness (QED) is 0.566. The largest absolute Gasteiger partial charge is 0.271 e. The molecule has 0 aliphatic carbocycles. The van der Waals surface area contributed by atoms with Crippen LogP contribution in [-0.4, -0.2) is 0 Å². The molecular weight excluding hydrogens is 290 g/mol. The van der Waals surface area contributed by atoms with E-state index in [1.807, 2.05) is 24.3 Å². The summed E-state index contributed by atoms with van der Waals surface area (Å²) >= 11 is 1.63. The lowest BCUT2D eigenvalue weighted by atomic mass is 10.0. The van der Waals surface area contributed by atoms with E-state index < -0.39 is 11.6 Å². The molecule has 0 bridgehead atoms. The predicted molar refractivity (Wildman–Crippen MR) is 82.0 cm³/mol. The number of hydrogen-bond donors (Lipinski definition) is 2. The van der Waals surface area contributed by atoms with Crippen molar-refractivity contribution >= 4 is 21.4 Å². The highest BCUT2D eigenvalue weighted by atomic mass is 32.1. The van der Waals surface area contributed by atoms with Gasteiger partial charge >= 0.3 is 0 Å². The second-order valence-corrected chi connectivity index (χ2v) is 6.00. The fourth-order valence-electron chi connectivity index (χ4n) is 2.38. The molecule has 0 radical (unpaired) electrons. The van der Waals surface area contributed by atoms with Crippen LogP contribution in [0, 0.1) is 11.6 Å². The maximum Gasteiger partial charge on any atom is 0.126 e. The number of nitrogens with one attached hydrogen (secondary N) is 1. The van der Waals surface area contributed by atoms with Gasteiger partial charge in [0.15, 0.2) is 0 Å². The normalized spacial score (nSPS) is 12.7. The van der Waals surface area contributed by atoms with Crippen LogP contribution in [0.25, 0.3) is 10.1 Å². The minimum absolute atomic E-state index is 0.177. The third-order valence-corrected chi connectivity index (χ3v) is 4.58. The van der Waals surface area contributed by atoms with Gasteiger partial charge in [-0.1, -0.05) is 18.2 Å². The van der Waals surface area contributed by atoms with Crippen molar-refractivity contribution in [2.75, 3.05) is 0 Å². The topological polar surface area (TPSA) is 38.0 Å². The maximum atomic E-state index is 13.3. The zero-order chi connectivity index (χ0) is 14.8. The number of hydrogen-bond acceptors (Lipinski definition) is 3. The molecule has 1 unspecified atom stereocenters. The van der Waals surface area contributed by atoms with Crippen LogP contribution in [-0.2, 0) is 6.42 Å². The molecule has 3 aromatic rings. The predicted octanol–water partition coefficient (Wildman–Crippen LogP) is 3.93. The molecule has 0 amide bonds. The molecule has 3 N–H and O–H groups in total. The lowest BCUT2D eigenvalue weighted by Gasteiger charge is -2.14. The summed E-state index contributed by atoms with van der Waals surface area (Å²) in [6.07, 6.45) is 0.429. The Morgan fingerprint density at radius 1 is 1.05 bits per heavy atom. The Morgan fingerprint density at radius 2 is 1.76 bits per heavy atom. The highest BCUT2D eigenvalue weighted by Crippen LogP contribution is 2.31. The summed E-state index contributed by atoms with van der Waals surface area (Å²) in [5.41, 5.74) is 3.31. The van der Waals surface area contributed by atoms with E-state index in [1.165, 1.54) is 12.1 Å². The number of rotatable bonds is 4. The number of benzene rings is 2. The van der Waals surface area contributed by atoms with Crippen LogP contribution >= 0.6 is 11.3 Å². The van der Waals surface area contributed by atoms with E-state index in [4.69, 9.17) is 5.84 Å². The molecular formula is C16H14F2N2S. The zero-order valence-electron chi connectivity index (χ0n) is 11.1. The van der Waals surface area contributed by atoms with Gasteiger partial charge in [-0.3, -0.25) is 11.3 Å². The zero-order valence-corrected chi connectivity index (χ0v) is 12.0. The van der Waals surface area contributed by atoms with E-state index in [1.54, 1.807) is 11.3 Å². The first-order valence-corrected chi connectivity index (χ1v) is 7.37. The standard InChI is InChI=1S/C16H14F2N2S/c17-12-5-10(6-13(18)9-12)7-14(20-19)16-8-11-3-1-2-4-15(11)21-16/h1-6,8-9,14,20H,7,19H2. The molecule has 5 heteroatoms. The first-order chi connectivity index (χ1) is 10.2. The number of halogens is 2. The van der Waals surface area contributed by atoms with Gasteiger partial charge in [-0.15, -0.1) is 11.3 Å². The minimum Gasteiger partial charge on any atom is -0.271 e. The average molecular weight is 304 g/mol. The van der Waals surface area contributed by atoms with Gasteiger partial charge in [-0.2, -0.15) is 0 Å². The van der Waals surface area contributed by atoms with E-state index in [-0.39, 0.29) is 6.04 Å². The fourth-order valence-corrected chi connectivity index (χ4v) is 3.51. The van der Waals surface area contributed by atoms with E-state index in [2.05, 4.69) is 11.5 Å². The van der Waals surface area contributed by atoms with Gasteiger partial charge in [0.25, 0.3) is 0 Å². The third-order valence-electron chi connectivity index (χ3n) is 3.35. The number of thiophene rings is 1. The lowest BCUT2D eigenvalue weighted by molar-refractivity contribution is 0.546. The van der Waals surface area contributed by atoms with Crippen molar-refractivity contribution in [3.8, 4) is 0 Å². The van der Waals surface area contributed by atoms with E-state index >= 15 is 0 Å². The summed E-state index contributed by atoms with van der Waals surface area (Å²) in [4.78, 5) is 1.04. The molecule has 1 atom stereocenters. The van der Waals surface area contributed by atoms with Crippen LogP contribution < -0.4 is 11.3 Å². The molecule has 108 valence electrons. The van der Waals surface area contributed by atoms with Gasteiger partial charge < -0.3 is 0 Å². The summed E-state index contributed by atoms with van der Waals surface area (Å²) in [6, 6.07) is 13.4. The smallest absolute Gasteiger partial charge is 0.126 e. The Hall–Kier alpha value is -1.82. The molecule has 0 aliphatic heterocycles. The van der Waals surface area contributed by atoms with Crippen molar-refractivity contribution < 1.29 is 8.78 Å². The SMILES string of the molecule is NNC(Cc1cc(F)cc(F)c1)c1cc2ccccc2s1. The molecule has 1 aromatic heterocycles. The highest BCUT2D eigenvalue weighted by Gasteiger charge is 2.15. The van der Waals surface area contributed by atoms with Crippen LogP contribution in [0.1, 0.15) is 16.5 Å². The fraction of sp³-hybridized carbons (Fsp3) is 0.125. The van der Waals surface area contributed by atoms with Gasteiger partial charge in [-0.05, 0) is 41.6 Å². The second-order valence-electron chi connectivity index (χ2n) is 4.89. The first-order valence-electron chi connectivity index (χ1n) is 6.55. The summed E-state index contributed by atoms with van der Waals surface area (Å²) in [5.74, 6) is 4.48. The molecule has 1 heterocycles. The molecule has 0 fully saturated rings. The van der Waals surface area contributed by atoms with Crippen LogP contribution in [0.2, 0.25) is 0 Å². The van der Waals surface area contributed by atoms with Crippen molar-refractivity contribution in [1.29, 1.82) is 0 Å². The lowest BCUT2D eigenvalue weighted by Crippen LogP contribution is -2.29. The van der Waals surface area contributed by atoms with Crippen molar-refractivity contribution in [2.45, 2.75) is 12.5 Å². The molecule has 0 spiro atoms. The Balaban J connectivity index is 1.90. The molecule has 2 nitrogen and oxygen atoms in total. The van der Waals surface area contributed by atoms with E-state index in [0.29, 0.717) is 12.0 Å². The summed E-state index contributed by atoms with van der Waals surface area (Å²) < 4.78 is 27.7. The summed E-state index contributed by atoms with van der Waals surface area (Å²) in [7, 11) is 0. The van der Waals surface area contributed by atoms with Gasteiger partial charge in [0.1, 0.15) is 11.6 Å². The van der Waals surface area contributed by atoms with Crippen molar-refractivity contribution in [3.63, 3.8) is 0 Å². The number of nitrogens with two attached hydrogens (primary N) is 1. The van der Waals surface area contributed by atoms with Crippen molar-refractivity contribution in [1.82, 2.24) is 5.43 Å². The van der Waals surface area contributed by atoms with Crippen LogP contribution in [0.3, 0.4) is 0 Å². The first kappa shape index (κ1) is 14.1. The Kier molecular flexibility index (Phi) is 3.96.